The van der Waals surface area contributed by atoms with Gasteiger partial charge >= 0.3 is 0 Å². The standard InChI is InChI=1S/C13H21N5O/c1-11(2)8-18(6-3-4-14)13(19)12-9-17(7-5-15)10-16-12/h9-11H,3,5-8,15H2,1-2H3. The van der Waals surface area contributed by atoms with Crippen LogP contribution in [0.4, 0.5) is 0 Å². The van der Waals surface area contributed by atoms with E-state index in [1.165, 1.54) is 0 Å². The molecule has 0 aliphatic carbocycles. The van der Waals surface area contributed by atoms with Crippen molar-refractivity contribution in [3.8, 4) is 6.07 Å². The van der Waals surface area contributed by atoms with Crippen LogP contribution >= 0.6 is 0 Å². The number of imidazole rings is 1. The molecule has 0 atom stereocenters. The van der Waals surface area contributed by atoms with Crippen molar-refractivity contribution in [3.63, 3.8) is 0 Å². The van der Waals surface area contributed by atoms with E-state index in [1.807, 2.05) is 13.8 Å². The molecule has 1 heterocycles. The van der Waals surface area contributed by atoms with Gasteiger partial charge in [-0.15, -0.1) is 0 Å². The first-order valence-electron chi connectivity index (χ1n) is 6.46. The van der Waals surface area contributed by atoms with Crippen LogP contribution in [0, 0.1) is 17.2 Å². The van der Waals surface area contributed by atoms with Gasteiger partial charge in [0.2, 0.25) is 0 Å². The van der Waals surface area contributed by atoms with Crippen LogP contribution in [0.25, 0.3) is 0 Å². The van der Waals surface area contributed by atoms with Crippen LogP contribution in [-0.2, 0) is 6.54 Å². The molecule has 0 unspecified atom stereocenters. The van der Waals surface area contributed by atoms with Crippen LogP contribution < -0.4 is 5.73 Å². The van der Waals surface area contributed by atoms with Gasteiger partial charge < -0.3 is 15.2 Å². The molecule has 6 nitrogen and oxygen atoms in total. The summed E-state index contributed by atoms with van der Waals surface area (Å²) < 4.78 is 1.80. The van der Waals surface area contributed by atoms with Crippen molar-refractivity contribution in [2.24, 2.45) is 11.7 Å². The molecule has 1 aromatic rings. The minimum atomic E-state index is -0.125. The zero-order valence-corrected chi connectivity index (χ0v) is 11.5. The molecule has 2 N–H and O–H groups in total. The van der Waals surface area contributed by atoms with Crippen molar-refractivity contribution in [2.75, 3.05) is 19.6 Å². The van der Waals surface area contributed by atoms with Crippen molar-refractivity contribution in [2.45, 2.75) is 26.8 Å². The number of amides is 1. The van der Waals surface area contributed by atoms with E-state index in [9.17, 15) is 4.79 Å². The Morgan fingerprint density at radius 3 is 2.95 bits per heavy atom. The van der Waals surface area contributed by atoms with Gasteiger partial charge in [-0.1, -0.05) is 13.8 Å². The fourth-order valence-electron chi connectivity index (χ4n) is 1.81. The lowest BCUT2D eigenvalue weighted by atomic mass is 10.2. The fourth-order valence-corrected chi connectivity index (χ4v) is 1.81. The summed E-state index contributed by atoms with van der Waals surface area (Å²) in [4.78, 5) is 18.1. The Bertz CT molecular complexity index is 446. The average molecular weight is 263 g/mol. The van der Waals surface area contributed by atoms with E-state index in [1.54, 1.807) is 22.0 Å². The Morgan fingerprint density at radius 1 is 1.63 bits per heavy atom. The molecule has 0 aromatic carbocycles. The third-order valence-corrected chi connectivity index (χ3v) is 2.61. The molecule has 104 valence electrons. The highest BCUT2D eigenvalue weighted by Gasteiger charge is 2.18. The predicted molar refractivity (Wildman–Crippen MR) is 72.3 cm³/mol. The zero-order chi connectivity index (χ0) is 14.3. The highest BCUT2D eigenvalue weighted by atomic mass is 16.2. The van der Waals surface area contributed by atoms with E-state index in [-0.39, 0.29) is 5.91 Å². The summed E-state index contributed by atoms with van der Waals surface area (Å²) in [6, 6.07) is 2.07. The highest BCUT2D eigenvalue weighted by Crippen LogP contribution is 2.07. The molecular weight excluding hydrogens is 242 g/mol. The van der Waals surface area contributed by atoms with E-state index < -0.39 is 0 Å². The number of hydrogen-bond acceptors (Lipinski definition) is 4. The minimum absolute atomic E-state index is 0.125. The van der Waals surface area contributed by atoms with Crippen LogP contribution in [-0.4, -0.2) is 40.0 Å². The fraction of sp³-hybridized carbons (Fsp3) is 0.615. The Labute approximate surface area is 113 Å². The van der Waals surface area contributed by atoms with Crippen LogP contribution in [0.5, 0.6) is 0 Å². The second-order valence-electron chi connectivity index (χ2n) is 4.84. The quantitative estimate of drug-likeness (QED) is 0.790. The number of hydrogen-bond donors (Lipinski definition) is 1. The van der Waals surface area contributed by atoms with E-state index in [2.05, 4.69) is 11.1 Å². The van der Waals surface area contributed by atoms with Crippen molar-refractivity contribution < 1.29 is 4.79 Å². The number of rotatable bonds is 7. The summed E-state index contributed by atoms with van der Waals surface area (Å²) in [6.07, 6.45) is 3.65. The second-order valence-corrected chi connectivity index (χ2v) is 4.84. The average Bonchev–Trinajstić information content (AvgIpc) is 2.82. The highest BCUT2D eigenvalue weighted by molar-refractivity contribution is 5.92. The van der Waals surface area contributed by atoms with Crippen LogP contribution in [0.1, 0.15) is 30.8 Å². The third kappa shape index (κ3) is 4.72. The molecule has 0 bridgehead atoms. The van der Waals surface area contributed by atoms with Gasteiger partial charge in [-0.25, -0.2) is 4.98 Å². The molecule has 0 fully saturated rings. The first kappa shape index (κ1) is 15.2. The Kier molecular flexibility index (Phi) is 6.03. The van der Waals surface area contributed by atoms with Gasteiger partial charge in [0.15, 0.2) is 0 Å². The molecule has 19 heavy (non-hydrogen) atoms. The van der Waals surface area contributed by atoms with Gasteiger partial charge in [0, 0.05) is 32.4 Å². The summed E-state index contributed by atoms with van der Waals surface area (Å²) in [5.41, 5.74) is 5.87. The molecule has 0 aliphatic rings. The maximum atomic E-state index is 12.3. The third-order valence-electron chi connectivity index (χ3n) is 2.61. The summed E-state index contributed by atoms with van der Waals surface area (Å²) in [5, 5.41) is 8.65. The van der Waals surface area contributed by atoms with Crippen molar-refractivity contribution in [3.05, 3.63) is 18.2 Å². The summed E-state index contributed by atoms with van der Waals surface area (Å²) in [6.45, 7) is 6.30. The van der Waals surface area contributed by atoms with Gasteiger partial charge in [0.1, 0.15) is 5.69 Å². The molecule has 0 aliphatic heterocycles. The monoisotopic (exact) mass is 263 g/mol. The van der Waals surface area contributed by atoms with Crippen molar-refractivity contribution in [1.82, 2.24) is 14.5 Å². The summed E-state index contributed by atoms with van der Waals surface area (Å²) in [5.74, 6) is 0.230. The molecule has 1 aromatic heterocycles. The van der Waals surface area contributed by atoms with Crippen LogP contribution in [0.15, 0.2) is 12.5 Å². The lowest BCUT2D eigenvalue weighted by Crippen LogP contribution is -2.35. The normalized spacial score (nSPS) is 10.5. The van der Waals surface area contributed by atoms with Gasteiger partial charge in [-0.05, 0) is 5.92 Å². The van der Waals surface area contributed by atoms with E-state index in [4.69, 9.17) is 11.0 Å². The molecule has 0 radical (unpaired) electrons. The number of nitrogens with zero attached hydrogens (tertiary/aromatic N) is 4. The van der Waals surface area contributed by atoms with Gasteiger partial charge in [0.05, 0.1) is 18.8 Å². The van der Waals surface area contributed by atoms with Crippen molar-refractivity contribution in [1.29, 1.82) is 5.26 Å². The molecular formula is C13H21N5O. The molecule has 0 saturated heterocycles. The molecule has 6 heteroatoms. The zero-order valence-electron chi connectivity index (χ0n) is 11.5. The largest absolute Gasteiger partial charge is 0.336 e. The van der Waals surface area contributed by atoms with Gasteiger partial charge in [-0.2, -0.15) is 5.26 Å². The first-order chi connectivity index (χ1) is 9.08. The number of carbonyl (C=O) groups is 1. The maximum Gasteiger partial charge on any atom is 0.274 e. The Hall–Kier alpha value is -1.87. The SMILES string of the molecule is CC(C)CN(CCC#N)C(=O)c1cn(CCN)cn1. The molecule has 0 saturated carbocycles. The van der Waals surface area contributed by atoms with Crippen LogP contribution in [0.3, 0.4) is 0 Å². The van der Waals surface area contributed by atoms with E-state index >= 15 is 0 Å². The lowest BCUT2D eigenvalue weighted by molar-refractivity contribution is 0.0734. The van der Waals surface area contributed by atoms with E-state index in [0.29, 0.717) is 44.2 Å². The van der Waals surface area contributed by atoms with Crippen LogP contribution in [0.2, 0.25) is 0 Å². The first-order valence-corrected chi connectivity index (χ1v) is 6.46. The smallest absolute Gasteiger partial charge is 0.274 e. The second kappa shape index (κ2) is 7.54. The van der Waals surface area contributed by atoms with E-state index in [0.717, 1.165) is 0 Å². The molecule has 1 amide bonds. The summed E-state index contributed by atoms with van der Waals surface area (Å²) in [7, 11) is 0. The minimum Gasteiger partial charge on any atom is -0.336 e. The van der Waals surface area contributed by atoms with Gasteiger partial charge in [-0.3, -0.25) is 4.79 Å². The maximum absolute atomic E-state index is 12.3. The predicted octanol–water partition coefficient (Wildman–Crippen LogP) is 0.854. The summed E-state index contributed by atoms with van der Waals surface area (Å²) >= 11 is 0. The topological polar surface area (TPSA) is 87.9 Å². The number of nitriles is 1. The molecule has 1 rings (SSSR count). The van der Waals surface area contributed by atoms with Gasteiger partial charge in [0.25, 0.3) is 5.91 Å². The number of carbonyl (C=O) groups excluding carboxylic acids is 1. The van der Waals surface area contributed by atoms with Crippen molar-refractivity contribution >= 4 is 5.91 Å². The molecule has 0 spiro atoms. The lowest BCUT2D eigenvalue weighted by Gasteiger charge is -2.22. The Balaban J connectivity index is 2.76. The number of aromatic nitrogens is 2. The Morgan fingerprint density at radius 2 is 2.37 bits per heavy atom. The number of nitrogens with two attached hydrogens (primary N) is 1.